The van der Waals surface area contributed by atoms with E-state index in [1.165, 1.54) is 11.3 Å². The second-order valence-corrected chi connectivity index (χ2v) is 7.33. The van der Waals surface area contributed by atoms with Crippen molar-refractivity contribution in [1.82, 2.24) is 4.90 Å². The van der Waals surface area contributed by atoms with Gasteiger partial charge in [0.1, 0.15) is 17.4 Å². The fourth-order valence-electron chi connectivity index (χ4n) is 2.95. The highest BCUT2D eigenvalue weighted by Crippen LogP contribution is 2.47. The van der Waals surface area contributed by atoms with Crippen molar-refractivity contribution in [3.05, 3.63) is 38.7 Å². The molecule has 1 saturated heterocycles. The Bertz CT molecular complexity index is 766. The molecule has 0 spiro atoms. The number of carbonyl (C=O) groups is 1. The molecule has 2 aromatic rings. The third-order valence-electron chi connectivity index (χ3n) is 4.08. The van der Waals surface area contributed by atoms with Gasteiger partial charge in [-0.2, -0.15) is 0 Å². The number of nitrogens with zero attached hydrogens (tertiary/aromatic N) is 1. The van der Waals surface area contributed by atoms with Crippen molar-refractivity contribution in [2.45, 2.75) is 19.4 Å². The summed E-state index contributed by atoms with van der Waals surface area (Å²) in [5.41, 5.74) is 1.96. The predicted molar refractivity (Wildman–Crippen MR) is 89.2 cm³/mol. The number of halogens is 2. The van der Waals surface area contributed by atoms with Crippen LogP contribution in [0.1, 0.15) is 28.1 Å². The molecule has 0 atom stereocenters. The van der Waals surface area contributed by atoms with E-state index in [-0.39, 0.29) is 5.91 Å². The van der Waals surface area contributed by atoms with Crippen molar-refractivity contribution in [2.24, 2.45) is 0 Å². The van der Waals surface area contributed by atoms with Crippen LogP contribution in [-0.2, 0) is 6.61 Å². The molecule has 0 N–H and O–H groups in total. The lowest BCUT2D eigenvalue weighted by molar-refractivity contribution is 0.0797. The number of benzene rings is 1. The summed E-state index contributed by atoms with van der Waals surface area (Å²) in [7, 11) is 0. The molecule has 114 valence electrons. The van der Waals surface area contributed by atoms with Gasteiger partial charge in [0.05, 0.1) is 9.90 Å². The minimum Gasteiger partial charge on any atom is -0.487 e. The van der Waals surface area contributed by atoms with Gasteiger partial charge in [-0.1, -0.05) is 23.2 Å². The van der Waals surface area contributed by atoms with Crippen LogP contribution in [0.25, 0.3) is 10.4 Å². The Labute approximate surface area is 142 Å². The van der Waals surface area contributed by atoms with Crippen LogP contribution >= 0.6 is 34.5 Å². The van der Waals surface area contributed by atoms with Crippen molar-refractivity contribution < 1.29 is 9.53 Å². The Morgan fingerprint density at radius 1 is 1.23 bits per heavy atom. The number of likely N-dealkylation sites (tertiary alicyclic amines) is 1. The summed E-state index contributed by atoms with van der Waals surface area (Å²) >= 11 is 13.8. The van der Waals surface area contributed by atoms with Crippen LogP contribution in [0.15, 0.2) is 18.2 Å². The SMILES string of the molecule is O=C(c1cc2c(s1)-c1ccc(Cl)c(Cl)c1OC2)N1CCCC1. The van der Waals surface area contributed by atoms with E-state index in [1.54, 1.807) is 6.07 Å². The van der Waals surface area contributed by atoms with Gasteiger partial charge in [0, 0.05) is 29.1 Å². The summed E-state index contributed by atoms with van der Waals surface area (Å²) in [6.07, 6.45) is 2.19. The summed E-state index contributed by atoms with van der Waals surface area (Å²) in [6.45, 7) is 2.14. The lowest BCUT2D eigenvalue weighted by Crippen LogP contribution is -2.26. The van der Waals surface area contributed by atoms with E-state index in [1.807, 2.05) is 17.0 Å². The standard InChI is InChI=1S/C16H13Cl2NO2S/c17-11-4-3-10-14(13(11)18)21-8-9-7-12(22-15(9)10)16(20)19-5-1-2-6-19/h3-4,7H,1-2,5-6,8H2. The number of carbonyl (C=O) groups excluding carboxylic acids is 1. The first-order valence-corrected chi connectivity index (χ1v) is 8.75. The van der Waals surface area contributed by atoms with Crippen molar-refractivity contribution in [3.8, 4) is 16.2 Å². The first kappa shape index (κ1) is 14.4. The second-order valence-electron chi connectivity index (χ2n) is 5.49. The summed E-state index contributed by atoms with van der Waals surface area (Å²) < 4.78 is 5.75. The molecule has 4 rings (SSSR count). The average molecular weight is 354 g/mol. The van der Waals surface area contributed by atoms with E-state index in [0.717, 1.165) is 46.8 Å². The molecule has 6 heteroatoms. The minimum atomic E-state index is 0.124. The number of hydrogen-bond acceptors (Lipinski definition) is 3. The summed E-state index contributed by atoms with van der Waals surface area (Å²) in [4.78, 5) is 16.3. The van der Waals surface area contributed by atoms with Crippen LogP contribution in [0.3, 0.4) is 0 Å². The Balaban J connectivity index is 1.75. The number of rotatable bonds is 1. The topological polar surface area (TPSA) is 29.5 Å². The maximum absolute atomic E-state index is 12.5. The zero-order chi connectivity index (χ0) is 15.3. The molecule has 0 saturated carbocycles. The molecular formula is C16H13Cl2NO2S. The van der Waals surface area contributed by atoms with E-state index >= 15 is 0 Å². The van der Waals surface area contributed by atoms with E-state index in [0.29, 0.717) is 22.4 Å². The fourth-order valence-corrected chi connectivity index (χ4v) is 4.47. The third-order valence-corrected chi connectivity index (χ3v) is 6.07. The smallest absolute Gasteiger partial charge is 0.263 e. The van der Waals surface area contributed by atoms with E-state index in [2.05, 4.69) is 0 Å². The van der Waals surface area contributed by atoms with Crippen molar-refractivity contribution in [3.63, 3.8) is 0 Å². The molecule has 1 fully saturated rings. The largest absolute Gasteiger partial charge is 0.487 e. The zero-order valence-corrected chi connectivity index (χ0v) is 14.0. The number of fused-ring (bicyclic) bond motifs is 3. The van der Waals surface area contributed by atoms with Gasteiger partial charge in [0.2, 0.25) is 0 Å². The van der Waals surface area contributed by atoms with Crippen LogP contribution in [0.4, 0.5) is 0 Å². The highest BCUT2D eigenvalue weighted by Gasteiger charge is 2.27. The molecule has 0 unspecified atom stereocenters. The Hall–Kier alpha value is -1.23. The lowest BCUT2D eigenvalue weighted by atomic mass is 10.1. The van der Waals surface area contributed by atoms with E-state index in [9.17, 15) is 4.79 Å². The van der Waals surface area contributed by atoms with Gasteiger partial charge in [-0.25, -0.2) is 0 Å². The van der Waals surface area contributed by atoms with Crippen molar-refractivity contribution >= 4 is 40.4 Å². The van der Waals surface area contributed by atoms with Crippen LogP contribution in [-0.4, -0.2) is 23.9 Å². The Kier molecular flexibility index (Phi) is 3.56. The first-order chi connectivity index (χ1) is 10.6. The Morgan fingerprint density at radius 3 is 2.77 bits per heavy atom. The summed E-state index contributed by atoms with van der Waals surface area (Å²) in [5.74, 6) is 0.738. The lowest BCUT2D eigenvalue weighted by Gasteiger charge is -2.19. The first-order valence-electron chi connectivity index (χ1n) is 7.18. The zero-order valence-electron chi connectivity index (χ0n) is 11.7. The van der Waals surface area contributed by atoms with Crippen molar-refractivity contribution in [1.29, 1.82) is 0 Å². The second kappa shape index (κ2) is 5.44. The molecular weight excluding hydrogens is 341 g/mol. The highest BCUT2D eigenvalue weighted by molar-refractivity contribution is 7.17. The maximum atomic E-state index is 12.5. The summed E-state index contributed by atoms with van der Waals surface area (Å²) in [5, 5.41) is 0.916. The van der Waals surface area contributed by atoms with Gasteiger partial charge in [-0.3, -0.25) is 4.79 Å². The van der Waals surface area contributed by atoms with Crippen LogP contribution in [0, 0.1) is 0 Å². The molecule has 1 aromatic carbocycles. The fraction of sp³-hybridized carbons (Fsp3) is 0.312. The number of thiophene rings is 1. The molecule has 1 aromatic heterocycles. The number of ether oxygens (including phenoxy) is 1. The third kappa shape index (κ3) is 2.21. The molecule has 0 aliphatic carbocycles. The van der Waals surface area contributed by atoms with Gasteiger partial charge in [-0.15, -0.1) is 11.3 Å². The van der Waals surface area contributed by atoms with Gasteiger partial charge >= 0.3 is 0 Å². The predicted octanol–water partition coefficient (Wildman–Crippen LogP) is 4.85. The van der Waals surface area contributed by atoms with Crippen LogP contribution < -0.4 is 4.74 Å². The molecule has 0 bridgehead atoms. The van der Waals surface area contributed by atoms with E-state index in [4.69, 9.17) is 27.9 Å². The van der Waals surface area contributed by atoms with Gasteiger partial charge < -0.3 is 9.64 Å². The molecule has 2 aliphatic rings. The molecule has 3 nitrogen and oxygen atoms in total. The van der Waals surface area contributed by atoms with Crippen LogP contribution in [0.5, 0.6) is 5.75 Å². The maximum Gasteiger partial charge on any atom is 0.263 e. The molecule has 1 amide bonds. The minimum absolute atomic E-state index is 0.124. The van der Waals surface area contributed by atoms with Gasteiger partial charge in [0.25, 0.3) is 5.91 Å². The molecule has 3 heterocycles. The monoisotopic (exact) mass is 353 g/mol. The van der Waals surface area contributed by atoms with Crippen molar-refractivity contribution in [2.75, 3.05) is 13.1 Å². The highest BCUT2D eigenvalue weighted by atomic mass is 35.5. The van der Waals surface area contributed by atoms with Gasteiger partial charge in [0.15, 0.2) is 0 Å². The molecule has 0 radical (unpaired) electrons. The summed E-state index contributed by atoms with van der Waals surface area (Å²) in [6, 6.07) is 5.62. The van der Waals surface area contributed by atoms with E-state index < -0.39 is 0 Å². The molecule has 22 heavy (non-hydrogen) atoms. The normalized spacial score (nSPS) is 16.2. The van der Waals surface area contributed by atoms with Crippen LogP contribution in [0.2, 0.25) is 10.0 Å². The number of hydrogen-bond donors (Lipinski definition) is 0. The Morgan fingerprint density at radius 2 is 2.00 bits per heavy atom. The van der Waals surface area contributed by atoms with Gasteiger partial charge in [-0.05, 0) is 31.0 Å². The quantitative estimate of drug-likeness (QED) is 0.733. The number of amides is 1. The molecule has 2 aliphatic heterocycles. The average Bonchev–Trinajstić information content (AvgIpc) is 3.18.